The number of anilines is 1. The first kappa shape index (κ1) is 15.4. The average Bonchev–Trinajstić information content (AvgIpc) is 2.50. The molecule has 0 aliphatic carbocycles. The molecule has 1 N–H and O–H groups in total. The Morgan fingerprint density at radius 2 is 2.10 bits per heavy atom. The fourth-order valence-corrected chi connectivity index (χ4v) is 2.06. The number of rotatable bonds is 7. The number of hydrogen-bond donors (Lipinski definition) is 1. The summed E-state index contributed by atoms with van der Waals surface area (Å²) in [4.78, 5) is 16.6. The molecule has 110 valence electrons. The Labute approximate surface area is 129 Å². The Morgan fingerprint density at radius 3 is 2.81 bits per heavy atom. The summed E-state index contributed by atoms with van der Waals surface area (Å²) in [7, 11) is 0. The Balaban J connectivity index is 2.08. The van der Waals surface area contributed by atoms with E-state index in [1.165, 1.54) is 0 Å². The number of carbonyl (C=O) groups excluding carboxylic acids is 1. The van der Waals surface area contributed by atoms with Gasteiger partial charge in [-0.25, -0.2) is 4.57 Å². The molecule has 0 unspecified atom stereocenters. The molecule has 0 spiro atoms. The van der Waals surface area contributed by atoms with E-state index in [2.05, 4.69) is 17.2 Å². The SMILES string of the molecule is CCCCNc1nccc[n+]1CC(=O)c1ccc(Cl)cc1. The van der Waals surface area contributed by atoms with E-state index >= 15 is 0 Å². The number of unbranched alkanes of at least 4 members (excludes halogenated alkanes) is 1. The highest BCUT2D eigenvalue weighted by Crippen LogP contribution is 2.10. The van der Waals surface area contributed by atoms with E-state index in [1.54, 1.807) is 30.5 Å². The molecule has 5 heteroatoms. The minimum Gasteiger partial charge on any atom is -0.291 e. The maximum absolute atomic E-state index is 12.3. The molecule has 21 heavy (non-hydrogen) atoms. The van der Waals surface area contributed by atoms with Gasteiger partial charge in [-0.3, -0.25) is 10.1 Å². The number of Topliss-reactive ketones (excluding diaryl/α,β-unsaturated/α-hetero) is 1. The molecule has 2 rings (SSSR count). The van der Waals surface area contributed by atoms with E-state index in [4.69, 9.17) is 11.6 Å². The predicted molar refractivity (Wildman–Crippen MR) is 83.6 cm³/mol. The smallest absolute Gasteiger partial charge is 0.291 e. The van der Waals surface area contributed by atoms with Crippen molar-refractivity contribution in [1.82, 2.24) is 4.98 Å². The van der Waals surface area contributed by atoms with E-state index in [9.17, 15) is 4.79 Å². The van der Waals surface area contributed by atoms with Crippen LogP contribution in [0.25, 0.3) is 0 Å². The van der Waals surface area contributed by atoms with E-state index < -0.39 is 0 Å². The highest BCUT2D eigenvalue weighted by atomic mass is 35.5. The largest absolute Gasteiger partial charge is 0.391 e. The second-order valence-corrected chi connectivity index (χ2v) is 5.22. The lowest BCUT2D eigenvalue weighted by molar-refractivity contribution is -0.671. The minimum atomic E-state index is 0.0307. The van der Waals surface area contributed by atoms with Gasteiger partial charge in [0, 0.05) is 16.7 Å². The van der Waals surface area contributed by atoms with Crippen molar-refractivity contribution in [2.24, 2.45) is 0 Å². The quantitative estimate of drug-likeness (QED) is 0.486. The van der Waals surface area contributed by atoms with Gasteiger partial charge in [0.15, 0.2) is 5.78 Å². The number of nitrogens with one attached hydrogen (secondary N) is 1. The van der Waals surface area contributed by atoms with Crippen molar-refractivity contribution in [2.75, 3.05) is 11.9 Å². The lowest BCUT2D eigenvalue weighted by atomic mass is 10.1. The summed E-state index contributed by atoms with van der Waals surface area (Å²) in [6.45, 7) is 3.24. The molecule has 0 atom stereocenters. The zero-order chi connectivity index (χ0) is 15.1. The van der Waals surface area contributed by atoms with Crippen molar-refractivity contribution in [2.45, 2.75) is 26.3 Å². The van der Waals surface area contributed by atoms with Crippen LogP contribution in [0.2, 0.25) is 5.02 Å². The molecule has 1 aromatic carbocycles. The number of nitrogens with zero attached hydrogens (tertiary/aromatic N) is 2. The van der Waals surface area contributed by atoms with Crippen molar-refractivity contribution in [3.05, 3.63) is 53.3 Å². The average molecular weight is 305 g/mol. The lowest BCUT2D eigenvalue weighted by Crippen LogP contribution is -2.41. The van der Waals surface area contributed by atoms with Gasteiger partial charge in [-0.2, -0.15) is 0 Å². The molecule has 0 aliphatic heterocycles. The van der Waals surface area contributed by atoms with Crippen LogP contribution < -0.4 is 9.88 Å². The van der Waals surface area contributed by atoms with Crippen LogP contribution >= 0.6 is 11.6 Å². The van der Waals surface area contributed by atoms with Gasteiger partial charge in [-0.1, -0.05) is 29.9 Å². The van der Waals surface area contributed by atoms with Crippen molar-refractivity contribution in [1.29, 1.82) is 0 Å². The summed E-state index contributed by atoms with van der Waals surface area (Å²) >= 11 is 5.84. The van der Waals surface area contributed by atoms with Crippen LogP contribution in [0.5, 0.6) is 0 Å². The highest BCUT2D eigenvalue weighted by Gasteiger charge is 2.14. The van der Waals surface area contributed by atoms with E-state index in [1.807, 2.05) is 16.8 Å². The van der Waals surface area contributed by atoms with Gasteiger partial charge in [-0.05, 0) is 30.7 Å². The fraction of sp³-hybridized carbons (Fsp3) is 0.312. The third-order valence-electron chi connectivity index (χ3n) is 3.11. The second kappa shape index (κ2) is 7.74. The Morgan fingerprint density at radius 1 is 1.33 bits per heavy atom. The van der Waals surface area contributed by atoms with Gasteiger partial charge >= 0.3 is 5.95 Å². The topological polar surface area (TPSA) is 45.9 Å². The van der Waals surface area contributed by atoms with Gasteiger partial charge in [0.1, 0.15) is 12.7 Å². The van der Waals surface area contributed by atoms with Gasteiger partial charge in [0.2, 0.25) is 0 Å². The summed E-state index contributed by atoms with van der Waals surface area (Å²) in [5.74, 6) is 0.747. The molecule has 4 nitrogen and oxygen atoms in total. The molecular weight excluding hydrogens is 286 g/mol. The predicted octanol–water partition coefficient (Wildman–Crippen LogP) is 3.12. The zero-order valence-electron chi connectivity index (χ0n) is 12.1. The minimum absolute atomic E-state index is 0.0307. The zero-order valence-corrected chi connectivity index (χ0v) is 12.8. The number of carbonyl (C=O) groups is 1. The first-order valence-corrected chi connectivity index (χ1v) is 7.45. The number of ketones is 1. The highest BCUT2D eigenvalue weighted by molar-refractivity contribution is 6.30. The van der Waals surface area contributed by atoms with Crippen LogP contribution in [-0.4, -0.2) is 17.3 Å². The summed E-state index contributed by atoms with van der Waals surface area (Å²) < 4.78 is 1.83. The van der Waals surface area contributed by atoms with Crippen LogP contribution in [0.4, 0.5) is 5.95 Å². The molecule has 2 aromatic rings. The third-order valence-corrected chi connectivity index (χ3v) is 3.37. The van der Waals surface area contributed by atoms with Crippen molar-refractivity contribution < 1.29 is 9.36 Å². The standard InChI is InChI=1S/C16H18ClN3O/c1-2-3-9-18-16-19-10-4-11-20(16)12-15(21)13-5-7-14(17)8-6-13/h4-8,10-11H,2-3,9,12H2,1H3/p+1. The van der Waals surface area contributed by atoms with Crippen LogP contribution in [0, 0.1) is 0 Å². The van der Waals surface area contributed by atoms with E-state index in [0.29, 0.717) is 16.5 Å². The number of benzene rings is 1. The van der Waals surface area contributed by atoms with Crippen molar-refractivity contribution in [3.63, 3.8) is 0 Å². The van der Waals surface area contributed by atoms with Gasteiger partial charge in [0.25, 0.3) is 0 Å². The number of aromatic nitrogens is 2. The Hall–Kier alpha value is -1.94. The van der Waals surface area contributed by atoms with Crippen LogP contribution in [-0.2, 0) is 6.54 Å². The van der Waals surface area contributed by atoms with Crippen LogP contribution in [0.3, 0.4) is 0 Å². The maximum Gasteiger partial charge on any atom is 0.391 e. The molecule has 0 amide bonds. The molecule has 0 fully saturated rings. The first-order chi connectivity index (χ1) is 10.2. The maximum atomic E-state index is 12.3. The monoisotopic (exact) mass is 304 g/mol. The lowest BCUT2D eigenvalue weighted by Gasteiger charge is -2.06. The second-order valence-electron chi connectivity index (χ2n) is 4.78. The first-order valence-electron chi connectivity index (χ1n) is 7.08. The Bertz CT molecular complexity index is 599. The van der Waals surface area contributed by atoms with Crippen molar-refractivity contribution in [3.8, 4) is 0 Å². The molecule has 0 aliphatic rings. The molecule has 1 aromatic heterocycles. The Kier molecular flexibility index (Phi) is 5.69. The summed E-state index contributed by atoms with van der Waals surface area (Å²) in [6.07, 6.45) is 5.76. The van der Waals surface area contributed by atoms with E-state index in [-0.39, 0.29) is 12.3 Å². The van der Waals surface area contributed by atoms with Gasteiger partial charge < -0.3 is 0 Å². The number of halogens is 1. The molecule has 0 radical (unpaired) electrons. The molecule has 0 saturated carbocycles. The van der Waals surface area contributed by atoms with E-state index in [0.717, 1.165) is 19.4 Å². The van der Waals surface area contributed by atoms with Gasteiger partial charge in [0.05, 0.1) is 12.7 Å². The summed E-state index contributed by atoms with van der Waals surface area (Å²) in [5, 5.41) is 3.89. The molecule has 1 heterocycles. The molecule has 0 saturated heterocycles. The fourth-order valence-electron chi connectivity index (χ4n) is 1.93. The normalized spacial score (nSPS) is 10.4. The molecule has 0 bridgehead atoms. The van der Waals surface area contributed by atoms with Crippen LogP contribution in [0.1, 0.15) is 30.1 Å². The van der Waals surface area contributed by atoms with Gasteiger partial charge in [-0.15, -0.1) is 0 Å². The molecular formula is C16H19ClN3O+. The van der Waals surface area contributed by atoms with Crippen molar-refractivity contribution >= 4 is 23.3 Å². The third kappa shape index (κ3) is 4.53. The summed E-state index contributed by atoms with van der Waals surface area (Å²) in [5.41, 5.74) is 0.648. The number of hydrogen-bond acceptors (Lipinski definition) is 3. The summed E-state index contributed by atoms with van der Waals surface area (Å²) in [6, 6.07) is 8.75. The van der Waals surface area contributed by atoms with Crippen LogP contribution in [0.15, 0.2) is 42.7 Å².